The van der Waals surface area contributed by atoms with Gasteiger partial charge in [0.1, 0.15) is 5.82 Å². The number of pyridine rings is 1. The lowest BCUT2D eigenvalue weighted by molar-refractivity contribution is 0.603. The summed E-state index contributed by atoms with van der Waals surface area (Å²) in [7, 11) is 1.98. The molecule has 112 valence electrons. The topological polar surface area (TPSA) is 28.2 Å². The minimum absolute atomic E-state index is 0.652. The Bertz CT molecular complexity index is 617. The van der Waals surface area contributed by atoms with Gasteiger partial charge in [-0.15, -0.1) is 0 Å². The SMILES string of the molecule is CNCc1cc2ccccc2c(N(CC(C)C)C2CC2)n1. The Morgan fingerprint density at radius 3 is 2.71 bits per heavy atom. The molecule has 21 heavy (non-hydrogen) atoms. The van der Waals surface area contributed by atoms with Crippen molar-refractivity contribution < 1.29 is 0 Å². The van der Waals surface area contributed by atoms with Crippen LogP contribution >= 0.6 is 0 Å². The molecular formula is C18H25N3. The third kappa shape index (κ3) is 3.18. The summed E-state index contributed by atoms with van der Waals surface area (Å²) in [4.78, 5) is 7.50. The molecule has 3 rings (SSSR count). The fourth-order valence-corrected chi connectivity index (χ4v) is 2.91. The number of nitrogens with zero attached hydrogens (tertiary/aromatic N) is 2. The molecule has 1 N–H and O–H groups in total. The summed E-state index contributed by atoms with van der Waals surface area (Å²) >= 11 is 0. The molecule has 1 aliphatic rings. The highest BCUT2D eigenvalue weighted by Gasteiger charge is 2.31. The molecule has 0 radical (unpaired) electrons. The van der Waals surface area contributed by atoms with Gasteiger partial charge >= 0.3 is 0 Å². The minimum atomic E-state index is 0.652. The first-order valence-electron chi connectivity index (χ1n) is 7.99. The Morgan fingerprint density at radius 2 is 2.05 bits per heavy atom. The van der Waals surface area contributed by atoms with Crippen molar-refractivity contribution in [3.63, 3.8) is 0 Å². The highest BCUT2D eigenvalue weighted by atomic mass is 15.2. The summed E-state index contributed by atoms with van der Waals surface area (Å²) in [5.41, 5.74) is 1.13. The fraction of sp³-hybridized carbons (Fsp3) is 0.500. The first-order chi connectivity index (χ1) is 10.2. The number of nitrogens with one attached hydrogen (secondary N) is 1. The molecule has 1 aliphatic carbocycles. The molecule has 2 aromatic rings. The van der Waals surface area contributed by atoms with E-state index in [0.29, 0.717) is 12.0 Å². The first-order valence-corrected chi connectivity index (χ1v) is 7.99. The minimum Gasteiger partial charge on any atom is -0.353 e. The number of fused-ring (bicyclic) bond motifs is 1. The number of anilines is 1. The lowest BCUT2D eigenvalue weighted by Gasteiger charge is -2.27. The van der Waals surface area contributed by atoms with Crippen molar-refractivity contribution in [2.24, 2.45) is 5.92 Å². The van der Waals surface area contributed by atoms with Gasteiger partial charge in [0.05, 0.1) is 5.69 Å². The lowest BCUT2D eigenvalue weighted by atomic mass is 10.1. The van der Waals surface area contributed by atoms with Crippen molar-refractivity contribution in [2.45, 2.75) is 39.3 Å². The molecule has 1 fully saturated rings. The van der Waals surface area contributed by atoms with Gasteiger partial charge in [0.15, 0.2) is 0 Å². The second kappa shape index (κ2) is 6.02. The number of rotatable bonds is 6. The third-order valence-corrected chi connectivity index (χ3v) is 3.95. The van der Waals surface area contributed by atoms with E-state index in [1.807, 2.05) is 7.05 Å². The molecule has 0 amide bonds. The van der Waals surface area contributed by atoms with Crippen LogP contribution in [0, 0.1) is 5.92 Å². The summed E-state index contributed by atoms with van der Waals surface area (Å²) < 4.78 is 0. The van der Waals surface area contributed by atoms with Gasteiger partial charge in [0, 0.05) is 24.5 Å². The highest BCUT2D eigenvalue weighted by molar-refractivity contribution is 5.92. The van der Waals surface area contributed by atoms with E-state index in [1.165, 1.54) is 29.4 Å². The van der Waals surface area contributed by atoms with E-state index in [4.69, 9.17) is 4.98 Å². The Morgan fingerprint density at radius 1 is 1.29 bits per heavy atom. The Kier molecular flexibility index (Phi) is 4.11. The van der Waals surface area contributed by atoms with Crippen LogP contribution in [0.3, 0.4) is 0 Å². The van der Waals surface area contributed by atoms with E-state index in [1.54, 1.807) is 0 Å². The zero-order chi connectivity index (χ0) is 14.8. The van der Waals surface area contributed by atoms with Gasteiger partial charge in [-0.2, -0.15) is 0 Å². The molecule has 1 saturated carbocycles. The molecule has 0 unspecified atom stereocenters. The average Bonchev–Trinajstić information content (AvgIpc) is 3.29. The normalized spacial score (nSPS) is 14.9. The van der Waals surface area contributed by atoms with Crippen LogP contribution in [0.25, 0.3) is 10.8 Å². The molecule has 3 heteroatoms. The van der Waals surface area contributed by atoms with E-state index in [2.05, 4.69) is 54.4 Å². The second-order valence-corrected chi connectivity index (χ2v) is 6.47. The fourth-order valence-electron chi connectivity index (χ4n) is 2.91. The van der Waals surface area contributed by atoms with Crippen molar-refractivity contribution in [2.75, 3.05) is 18.5 Å². The standard InChI is InChI=1S/C18H25N3/c1-13(2)12-21(16-8-9-16)18-17-7-5-4-6-14(17)10-15(20-18)11-19-3/h4-7,10,13,16,19H,8-9,11-12H2,1-3H3. The van der Waals surface area contributed by atoms with Gasteiger partial charge in [0.25, 0.3) is 0 Å². The predicted octanol–water partition coefficient (Wildman–Crippen LogP) is 3.58. The van der Waals surface area contributed by atoms with Crippen LogP contribution in [0.2, 0.25) is 0 Å². The molecule has 1 aromatic heterocycles. The lowest BCUT2D eigenvalue weighted by Crippen LogP contribution is -2.31. The molecule has 0 aliphatic heterocycles. The maximum absolute atomic E-state index is 4.97. The van der Waals surface area contributed by atoms with Crippen LogP contribution in [0.4, 0.5) is 5.82 Å². The predicted molar refractivity (Wildman–Crippen MR) is 89.7 cm³/mol. The van der Waals surface area contributed by atoms with E-state index >= 15 is 0 Å². The Balaban J connectivity index is 2.09. The van der Waals surface area contributed by atoms with Gasteiger partial charge in [-0.05, 0) is 37.3 Å². The van der Waals surface area contributed by atoms with Crippen molar-refractivity contribution in [3.8, 4) is 0 Å². The number of hydrogen-bond donors (Lipinski definition) is 1. The van der Waals surface area contributed by atoms with Crippen molar-refractivity contribution in [1.29, 1.82) is 0 Å². The molecule has 3 nitrogen and oxygen atoms in total. The third-order valence-electron chi connectivity index (χ3n) is 3.95. The van der Waals surface area contributed by atoms with Crippen LogP contribution in [-0.2, 0) is 6.54 Å². The number of benzene rings is 1. The van der Waals surface area contributed by atoms with E-state index in [-0.39, 0.29) is 0 Å². The van der Waals surface area contributed by atoms with Gasteiger partial charge in [-0.3, -0.25) is 0 Å². The van der Waals surface area contributed by atoms with E-state index in [9.17, 15) is 0 Å². The average molecular weight is 283 g/mol. The van der Waals surface area contributed by atoms with Crippen LogP contribution in [0.1, 0.15) is 32.4 Å². The molecule has 0 bridgehead atoms. The Labute approximate surface area is 127 Å². The highest BCUT2D eigenvalue weighted by Crippen LogP contribution is 2.35. The number of hydrogen-bond acceptors (Lipinski definition) is 3. The number of aromatic nitrogens is 1. The molecule has 0 spiro atoms. The van der Waals surface area contributed by atoms with Crippen LogP contribution in [-0.4, -0.2) is 24.6 Å². The monoisotopic (exact) mass is 283 g/mol. The van der Waals surface area contributed by atoms with E-state index in [0.717, 1.165) is 18.8 Å². The summed E-state index contributed by atoms with van der Waals surface area (Å²) in [6.07, 6.45) is 2.61. The molecule has 1 aromatic carbocycles. The quantitative estimate of drug-likeness (QED) is 0.878. The van der Waals surface area contributed by atoms with Gasteiger partial charge in [0.2, 0.25) is 0 Å². The zero-order valence-corrected chi connectivity index (χ0v) is 13.3. The summed E-state index contributed by atoms with van der Waals surface area (Å²) in [6.45, 7) is 6.48. The smallest absolute Gasteiger partial charge is 0.137 e. The van der Waals surface area contributed by atoms with Crippen LogP contribution < -0.4 is 10.2 Å². The van der Waals surface area contributed by atoms with Gasteiger partial charge in [-0.25, -0.2) is 4.98 Å². The van der Waals surface area contributed by atoms with Crippen molar-refractivity contribution in [3.05, 3.63) is 36.0 Å². The summed E-state index contributed by atoms with van der Waals surface area (Å²) in [5.74, 6) is 1.83. The maximum atomic E-state index is 4.97. The van der Waals surface area contributed by atoms with E-state index < -0.39 is 0 Å². The molecular weight excluding hydrogens is 258 g/mol. The molecule has 0 atom stereocenters. The first kappa shape index (κ1) is 14.3. The Hall–Kier alpha value is -1.61. The molecule has 0 saturated heterocycles. The zero-order valence-electron chi connectivity index (χ0n) is 13.3. The van der Waals surface area contributed by atoms with Crippen LogP contribution in [0.5, 0.6) is 0 Å². The van der Waals surface area contributed by atoms with Gasteiger partial charge < -0.3 is 10.2 Å². The largest absolute Gasteiger partial charge is 0.353 e. The van der Waals surface area contributed by atoms with Crippen molar-refractivity contribution >= 4 is 16.6 Å². The van der Waals surface area contributed by atoms with Crippen LogP contribution in [0.15, 0.2) is 30.3 Å². The maximum Gasteiger partial charge on any atom is 0.137 e. The molecule has 1 heterocycles. The summed E-state index contributed by atoms with van der Waals surface area (Å²) in [5, 5.41) is 5.80. The van der Waals surface area contributed by atoms with Gasteiger partial charge in [-0.1, -0.05) is 38.1 Å². The second-order valence-electron chi connectivity index (χ2n) is 6.47. The summed E-state index contributed by atoms with van der Waals surface area (Å²) in [6, 6.07) is 11.5. The van der Waals surface area contributed by atoms with Crippen molar-refractivity contribution in [1.82, 2.24) is 10.3 Å².